The number of non-ortho nitro benzene ring substituents is 1. The second-order valence-electron chi connectivity index (χ2n) is 5.21. The number of nitro groups is 1. The van der Waals surface area contributed by atoms with Crippen LogP contribution < -0.4 is 4.74 Å². The summed E-state index contributed by atoms with van der Waals surface area (Å²) >= 11 is 0. The minimum Gasteiger partial charge on any atom is -0.422 e. The summed E-state index contributed by atoms with van der Waals surface area (Å²) in [6, 6.07) is 9.09. The van der Waals surface area contributed by atoms with Crippen LogP contribution in [0, 0.1) is 17.0 Å². The predicted octanol–water partition coefficient (Wildman–Crippen LogP) is 2.89. The highest BCUT2D eigenvalue weighted by Crippen LogP contribution is 2.25. The van der Waals surface area contributed by atoms with Crippen molar-refractivity contribution in [3.05, 3.63) is 57.6 Å². The highest BCUT2D eigenvalue weighted by molar-refractivity contribution is 5.94. The summed E-state index contributed by atoms with van der Waals surface area (Å²) in [5.41, 5.74) is 2.20. The van der Waals surface area contributed by atoms with E-state index in [1.54, 1.807) is 29.8 Å². The molecule has 0 unspecified atom stereocenters. The zero-order chi connectivity index (χ0) is 17.3. The first kappa shape index (κ1) is 15.6. The molecule has 0 radical (unpaired) electrons. The number of aryl methyl sites for hydroxylation is 2. The molecule has 0 fully saturated rings. The van der Waals surface area contributed by atoms with Crippen LogP contribution in [0.3, 0.4) is 0 Å². The van der Waals surface area contributed by atoms with Crippen LogP contribution in [0.25, 0.3) is 11.0 Å². The molecule has 1 aromatic heterocycles. The molecule has 1 heterocycles. The maximum Gasteiger partial charge on any atom is 0.343 e. The lowest BCUT2D eigenvalue weighted by atomic mass is 10.2. The third-order valence-corrected chi connectivity index (χ3v) is 3.63. The molecule has 0 spiro atoms. The van der Waals surface area contributed by atoms with Crippen LogP contribution in [0.1, 0.15) is 22.8 Å². The number of aromatic nitrogens is 3. The Hall–Kier alpha value is -3.29. The van der Waals surface area contributed by atoms with Gasteiger partial charge in [-0.1, -0.05) is 5.21 Å². The van der Waals surface area contributed by atoms with Gasteiger partial charge in [-0.3, -0.25) is 10.1 Å². The van der Waals surface area contributed by atoms with Crippen molar-refractivity contribution in [1.82, 2.24) is 15.0 Å². The van der Waals surface area contributed by atoms with Crippen molar-refractivity contribution < 1.29 is 14.5 Å². The van der Waals surface area contributed by atoms with Crippen LogP contribution in [0.4, 0.5) is 5.69 Å². The van der Waals surface area contributed by atoms with E-state index in [0.29, 0.717) is 23.2 Å². The minimum atomic E-state index is -0.605. The standard InChI is InChI=1S/C16H14N4O4/c1-3-19-14-7-5-11(8-13(14)17-18-19)16(21)24-15-9-12(20(22)23)6-4-10(15)2/h4-9H,3H2,1-2H3. The first-order valence-electron chi connectivity index (χ1n) is 7.30. The fraction of sp³-hybridized carbons (Fsp3) is 0.188. The van der Waals surface area contributed by atoms with Gasteiger partial charge in [0.2, 0.25) is 0 Å². The number of hydrogen-bond acceptors (Lipinski definition) is 6. The molecule has 3 rings (SSSR count). The first-order valence-corrected chi connectivity index (χ1v) is 7.30. The van der Waals surface area contributed by atoms with Crippen LogP contribution in [0.2, 0.25) is 0 Å². The lowest BCUT2D eigenvalue weighted by molar-refractivity contribution is -0.384. The third-order valence-electron chi connectivity index (χ3n) is 3.63. The summed E-state index contributed by atoms with van der Waals surface area (Å²) in [7, 11) is 0. The van der Waals surface area contributed by atoms with Crippen molar-refractivity contribution in [2.75, 3.05) is 0 Å². The van der Waals surface area contributed by atoms with E-state index in [-0.39, 0.29) is 11.4 Å². The molecule has 0 saturated carbocycles. The van der Waals surface area contributed by atoms with Gasteiger partial charge in [-0.15, -0.1) is 5.10 Å². The second kappa shape index (κ2) is 6.07. The van der Waals surface area contributed by atoms with E-state index in [2.05, 4.69) is 10.3 Å². The van der Waals surface area contributed by atoms with E-state index >= 15 is 0 Å². The van der Waals surface area contributed by atoms with Gasteiger partial charge in [0, 0.05) is 12.6 Å². The highest BCUT2D eigenvalue weighted by Gasteiger charge is 2.15. The molecule has 0 atom stereocenters. The van der Waals surface area contributed by atoms with Gasteiger partial charge in [-0.25, -0.2) is 9.48 Å². The Morgan fingerprint density at radius 1 is 1.29 bits per heavy atom. The van der Waals surface area contributed by atoms with E-state index in [1.807, 2.05) is 6.92 Å². The van der Waals surface area contributed by atoms with Gasteiger partial charge in [0.05, 0.1) is 22.1 Å². The van der Waals surface area contributed by atoms with Gasteiger partial charge in [-0.05, 0) is 43.7 Å². The topological polar surface area (TPSA) is 100 Å². The van der Waals surface area contributed by atoms with E-state index in [1.165, 1.54) is 18.2 Å². The summed E-state index contributed by atoms with van der Waals surface area (Å²) < 4.78 is 7.02. The number of carbonyl (C=O) groups excluding carboxylic acids is 1. The molecule has 0 bridgehead atoms. The van der Waals surface area contributed by atoms with Crippen LogP contribution >= 0.6 is 0 Å². The van der Waals surface area contributed by atoms with Gasteiger partial charge in [0.25, 0.3) is 5.69 Å². The van der Waals surface area contributed by atoms with Crippen molar-refractivity contribution in [3.8, 4) is 5.75 Å². The Labute approximate surface area is 136 Å². The number of carbonyl (C=O) groups is 1. The van der Waals surface area contributed by atoms with E-state index < -0.39 is 10.9 Å². The van der Waals surface area contributed by atoms with Crippen molar-refractivity contribution in [3.63, 3.8) is 0 Å². The molecule has 2 aromatic carbocycles. The smallest absolute Gasteiger partial charge is 0.343 e. The van der Waals surface area contributed by atoms with E-state index in [4.69, 9.17) is 4.74 Å². The summed E-state index contributed by atoms with van der Waals surface area (Å²) in [6.07, 6.45) is 0. The molecule has 0 saturated heterocycles. The summed E-state index contributed by atoms with van der Waals surface area (Å²) in [4.78, 5) is 22.6. The lowest BCUT2D eigenvalue weighted by Crippen LogP contribution is -2.09. The molecule has 122 valence electrons. The van der Waals surface area contributed by atoms with Gasteiger partial charge in [-0.2, -0.15) is 0 Å². The maximum atomic E-state index is 12.3. The molecule has 0 N–H and O–H groups in total. The predicted molar refractivity (Wildman–Crippen MR) is 86.0 cm³/mol. The number of benzene rings is 2. The van der Waals surface area contributed by atoms with Crippen LogP contribution in [-0.2, 0) is 6.54 Å². The second-order valence-corrected chi connectivity index (χ2v) is 5.21. The van der Waals surface area contributed by atoms with Crippen LogP contribution in [-0.4, -0.2) is 25.9 Å². The van der Waals surface area contributed by atoms with Crippen LogP contribution in [0.15, 0.2) is 36.4 Å². The Bertz CT molecular complexity index is 948. The van der Waals surface area contributed by atoms with Crippen molar-refractivity contribution >= 4 is 22.7 Å². The van der Waals surface area contributed by atoms with E-state index in [0.717, 1.165) is 5.52 Å². The third kappa shape index (κ3) is 2.81. The largest absolute Gasteiger partial charge is 0.422 e. The zero-order valence-electron chi connectivity index (χ0n) is 13.1. The zero-order valence-corrected chi connectivity index (χ0v) is 13.1. The Kier molecular flexibility index (Phi) is 3.95. The summed E-state index contributed by atoms with van der Waals surface area (Å²) in [5, 5.41) is 18.8. The molecule has 0 aliphatic rings. The number of hydrogen-bond donors (Lipinski definition) is 0. The average Bonchev–Trinajstić information content (AvgIpc) is 2.98. The number of rotatable bonds is 4. The van der Waals surface area contributed by atoms with Gasteiger partial charge in [0.15, 0.2) is 0 Å². The fourth-order valence-corrected chi connectivity index (χ4v) is 2.30. The van der Waals surface area contributed by atoms with Crippen LogP contribution in [0.5, 0.6) is 5.75 Å². The van der Waals surface area contributed by atoms with Crippen molar-refractivity contribution in [1.29, 1.82) is 0 Å². The monoisotopic (exact) mass is 326 g/mol. The quantitative estimate of drug-likeness (QED) is 0.316. The SMILES string of the molecule is CCn1nnc2cc(C(=O)Oc3cc([N+](=O)[O-])ccc3C)ccc21. The molecule has 0 amide bonds. The molecule has 8 nitrogen and oxygen atoms in total. The van der Waals surface area contributed by atoms with Gasteiger partial charge >= 0.3 is 5.97 Å². The van der Waals surface area contributed by atoms with Gasteiger partial charge in [0.1, 0.15) is 11.3 Å². The minimum absolute atomic E-state index is 0.134. The first-order chi connectivity index (χ1) is 11.5. The van der Waals surface area contributed by atoms with E-state index in [9.17, 15) is 14.9 Å². The highest BCUT2D eigenvalue weighted by atomic mass is 16.6. The molecule has 0 aliphatic carbocycles. The Morgan fingerprint density at radius 3 is 2.79 bits per heavy atom. The number of esters is 1. The lowest BCUT2D eigenvalue weighted by Gasteiger charge is -2.07. The Balaban J connectivity index is 1.90. The molecular formula is C16H14N4O4. The number of nitro benzene ring substituents is 1. The number of fused-ring (bicyclic) bond motifs is 1. The number of ether oxygens (including phenoxy) is 1. The summed E-state index contributed by atoms with van der Waals surface area (Å²) in [6.45, 7) is 4.33. The fourth-order valence-electron chi connectivity index (χ4n) is 2.30. The molecule has 3 aromatic rings. The average molecular weight is 326 g/mol. The Morgan fingerprint density at radius 2 is 2.08 bits per heavy atom. The molecular weight excluding hydrogens is 312 g/mol. The van der Waals surface area contributed by atoms with Crippen molar-refractivity contribution in [2.45, 2.75) is 20.4 Å². The maximum absolute atomic E-state index is 12.3. The molecule has 8 heteroatoms. The van der Waals surface area contributed by atoms with Crippen molar-refractivity contribution in [2.24, 2.45) is 0 Å². The van der Waals surface area contributed by atoms with Gasteiger partial charge < -0.3 is 4.74 Å². The molecule has 0 aliphatic heterocycles. The number of nitrogens with zero attached hydrogens (tertiary/aromatic N) is 4. The summed E-state index contributed by atoms with van der Waals surface area (Å²) in [5.74, 6) is -0.446. The normalized spacial score (nSPS) is 10.8. The molecule has 24 heavy (non-hydrogen) atoms.